The summed E-state index contributed by atoms with van der Waals surface area (Å²) in [7, 11) is 1.42. The number of nitrogens with one attached hydrogen (secondary N) is 1. The van der Waals surface area contributed by atoms with Gasteiger partial charge < -0.3 is 14.8 Å². The van der Waals surface area contributed by atoms with Crippen LogP contribution in [-0.4, -0.2) is 46.1 Å². The van der Waals surface area contributed by atoms with Crippen molar-refractivity contribution in [3.8, 4) is 0 Å². The Balaban J connectivity index is 2.51. The van der Waals surface area contributed by atoms with Crippen LogP contribution in [0, 0.1) is 0 Å². The van der Waals surface area contributed by atoms with Crippen LogP contribution in [-0.2, 0) is 24.0 Å². The number of azide groups is 1. The maximum atomic E-state index is 13.0. The Morgan fingerprint density at radius 1 is 1.33 bits per heavy atom. The highest BCUT2D eigenvalue weighted by Gasteiger charge is 2.36. The Morgan fingerprint density at radius 3 is 2.77 bits per heavy atom. The van der Waals surface area contributed by atoms with E-state index in [0.29, 0.717) is 16.3 Å². The van der Waals surface area contributed by atoms with Gasteiger partial charge in [-0.05, 0) is 36.6 Å². The van der Waals surface area contributed by atoms with E-state index in [4.69, 9.17) is 36.4 Å². The zero-order valence-electron chi connectivity index (χ0n) is 17.2. The molecule has 10 heteroatoms. The van der Waals surface area contributed by atoms with Crippen LogP contribution in [0.4, 0.5) is 0 Å². The average molecular weight is 437 g/mol. The van der Waals surface area contributed by atoms with Crippen LogP contribution in [0.2, 0.25) is 5.02 Å². The summed E-state index contributed by atoms with van der Waals surface area (Å²) in [5, 5.41) is 7.18. The van der Waals surface area contributed by atoms with Crippen molar-refractivity contribution in [2.45, 2.75) is 19.8 Å². The molecule has 30 heavy (non-hydrogen) atoms. The van der Waals surface area contributed by atoms with Crippen LogP contribution in [0.15, 0.2) is 51.9 Å². The molecule has 0 unspecified atom stereocenters. The van der Waals surface area contributed by atoms with E-state index in [1.807, 2.05) is 25.1 Å². The first-order valence-electron chi connectivity index (χ1n) is 9.40. The largest absolute Gasteiger partial charge is 0.463 e. The second kappa shape index (κ2) is 12.2. The van der Waals surface area contributed by atoms with Gasteiger partial charge in [0.15, 0.2) is 0 Å². The molecule has 0 saturated heterocycles. The smallest absolute Gasteiger partial charge is 0.336 e. The third-order valence-electron chi connectivity index (χ3n) is 4.47. The van der Waals surface area contributed by atoms with Crippen molar-refractivity contribution in [1.29, 1.82) is 0 Å². The lowest BCUT2D eigenvalue weighted by Gasteiger charge is -2.32. The average Bonchev–Trinajstić information content (AvgIpc) is 2.73. The van der Waals surface area contributed by atoms with Crippen LogP contribution in [0.3, 0.4) is 0 Å². The number of hydrogen-bond donors (Lipinski definition) is 1. The number of carbonyl (C=O) groups excluding carboxylic acids is 1. The lowest BCUT2D eigenvalue weighted by atomic mass is 9.80. The highest BCUT2D eigenvalue weighted by Crippen LogP contribution is 2.41. The summed E-state index contributed by atoms with van der Waals surface area (Å²) in [4.78, 5) is 25.7. The molecule has 1 heterocycles. The lowest BCUT2D eigenvalue weighted by Crippen LogP contribution is -2.33. The molecule has 9 nitrogen and oxygen atoms in total. The topological polar surface area (TPSA) is 115 Å². The monoisotopic (exact) mass is 436 g/mol. The zero-order valence-corrected chi connectivity index (χ0v) is 17.9. The molecule has 0 saturated carbocycles. The summed E-state index contributed by atoms with van der Waals surface area (Å²) in [6, 6.07) is 7.30. The van der Waals surface area contributed by atoms with Crippen molar-refractivity contribution < 1.29 is 24.0 Å². The molecule has 0 spiro atoms. The van der Waals surface area contributed by atoms with Crippen molar-refractivity contribution in [1.82, 2.24) is 5.32 Å². The molecule has 162 valence electrons. The van der Waals surface area contributed by atoms with Gasteiger partial charge in [0.2, 0.25) is 0 Å². The van der Waals surface area contributed by atoms with E-state index in [1.165, 1.54) is 7.11 Å². The number of rotatable bonds is 11. The predicted molar refractivity (Wildman–Crippen MR) is 111 cm³/mol. The molecule has 0 radical (unpaired) electrons. The Hall–Kier alpha value is -2.55. The molecule has 0 amide bonds. The fraction of sp³-hybridized carbons (Fsp3) is 0.450. The summed E-state index contributed by atoms with van der Waals surface area (Å²) in [6.07, 6.45) is 0. The summed E-state index contributed by atoms with van der Waals surface area (Å²) in [6.45, 7) is 4.46. The van der Waals surface area contributed by atoms with Crippen LogP contribution in [0.5, 0.6) is 0 Å². The fourth-order valence-electron chi connectivity index (χ4n) is 3.19. The molecule has 1 aliphatic rings. The molecule has 1 aliphatic heterocycles. The molecule has 1 atom stereocenters. The SMILES string of the molecule is CCOC(=O)C1=C(COCCN=[N+]=[N-])NC(C)=C(COOC)[C@H]1c1ccccc1Cl. The minimum absolute atomic E-state index is 0.103. The molecular weight excluding hydrogens is 412 g/mol. The van der Waals surface area contributed by atoms with Gasteiger partial charge in [0, 0.05) is 28.1 Å². The van der Waals surface area contributed by atoms with Crippen molar-refractivity contribution in [2.75, 3.05) is 40.1 Å². The van der Waals surface area contributed by atoms with Crippen LogP contribution in [0.25, 0.3) is 10.4 Å². The van der Waals surface area contributed by atoms with Crippen molar-refractivity contribution in [3.05, 3.63) is 67.8 Å². The van der Waals surface area contributed by atoms with Gasteiger partial charge in [-0.15, -0.1) is 0 Å². The number of allylic oxidation sites excluding steroid dienone is 1. The first-order chi connectivity index (χ1) is 14.5. The molecule has 2 rings (SSSR count). The standard InChI is InChI=1S/C20H25ClN4O5/c1-4-29-20(26)19-17(12-28-10-9-23-25-22)24-13(2)15(11-30-27-3)18(19)14-7-5-6-8-16(14)21/h5-8,18,24H,4,9-12H2,1-3H3/t18-/m1/s1. The molecule has 0 fully saturated rings. The van der Waals surface area contributed by atoms with E-state index < -0.39 is 11.9 Å². The molecule has 0 bridgehead atoms. The van der Waals surface area contributed by atoms with Gasteiger partial charge >= 0.3 is 5.97 Å². The molecule has 1 aromatic rings. The molecule has 0 aromatic heterocycles. The van der Waals surface area contributed by atoms with Gasteiger partial charge in [-0.3, -0.25) is 0 Å². The predicted octanol–water partition coefficient (Wildman–Crippen LogP) is 4.02. The van der Waals surface area contributed by atoms with Gasteiger partial charge in [-0.2, -0.15) is 0 Å². The van der Waals surface area contributed by atoms with Gasteiger partial charge in [0.05, 0.1) is 38.2 Å². The summed E-state index contributed by atoms with van der Waals surface area (Å²) in [5.74, 6) is -0.990. The highest BCUT2D eigenvalue weighted by atomic mass is 35.5. The first-order valence-corrected chi connectivity index (χ1v) is 9.78. The van der Waals surface area contributed by atoms with Crippen LogP contribution < -0.4 is 5.32 Å². The maximum Gasteiger partial charge on any atom is 0.336 e. The van der Waals surface area contributed by atoms with E-state index in [2.05, 4.69) is 15.3 Å². The normalized spacial score (nSPS) is 16.2. The second-order valence-electron chi connectivity index (χ2n) is 6.28. The van der Waals surface area contributed by atoms with Crippen LogP contribution >= 0.6 is 11.6 Å². The minimum Gasteiger partial charge on any atom is -0.463 e. The van der Waals surface area contributed by atoms with E-state index in [-0.39, 0.29) is 33.0 Å². The minimum atomic E-state index is -0.509. The van der Waals surface area contributed by atoms with E-state index >= 15 is 0 Å². The Labute approximate surface area is 180 Å². The lowest BCUT2D eigenvalue weighted by molar-refractivity contribution is -0.265. The number of halogens is 1. The van der Waals surface area contributed by atoms with Crippen molar-refractivity contribution >= 4 is 17.6 Å². The van der Waals surface area contributed by atoms with Crippen LogP contribution in [0.1, 0.15) is 25.3 Å². The number of benzene rings is 1. The maximum absolute atomic E-state index is 13.0. The summed E-state index contributed by atoms with van der Waals surface area (Å²) >= 11 is 6.49. The third kappa shape index (κ3) is 5.98. The zero-order chi connectivity index (χ0) is 21.9. The Morgan fingerprint density at radius 2 is 2.10 bits per heavy atom. The number of nitrogens with zero attached hydrogens (tertiary/aromatic N) is 3. The van der Waals surface area contributed by atoms with Crippen molar-refractivity contribution in [3.63, 3.8) is 0 Å². The van der Waals surface area contributed by atoms with Gasteiger partial charge in [0.1, 0.15) is 6.61 Å². The quantitative estimate of drug-likeness (QED) is 0.106. The van der Waals surface area contributed by atoms with E-state index in [9.17, 15) is 4.79 Å². The van der Waals surface area contributed by atoms with Gasteiger partial charge in [0.25, 0.3) is 0 Å². The van der Waals surface area contributed by atoms with E-state index in [1.54, 1.807) is 13.0 Å². The number of carbonyl (C=O) groups is 1. The van der Waals surface area contributed by atoms with Gasteiger partial charge in [-0.25, -0.2) is 14.6 Å². The number of ether oxygens (including phenoxy) is 2. The number of hydrogen-bond acceptors (Lipinski definition) is 7. The highest BCUT2D eigenvalue weighted by molar-refractivity contribution is 6.31. The first kappa shape index (κ1) is 23.7. The van der Waals surface area contributed by atoms with Crippen molar-refractivity contribution in [2.24, 2.45) is 5.11 Å². The molecular formula is C20H25ClN4O5. The molecule has 0 aliphatic carbocycles. The number of esters is 1. The fourth-order valence-corrected chi connectivity index (χ4v) is 3.44. The van der Waals surface area contributed by atoms with Gasteiger partial charge in [-0.1, -0.05) is 34.9 Å². The summed E-state index contributed by atoms with van der Waals surface area (Å²) in [5.41, 5.74) is 11.6. The Kier molecular flexibility index (Phi) is 9.66. The third-order valence-corrected chi connectivity index (χ3v) is 4.82. The second-order valence-corrected chi connectivity index (χ2v) is 6.69. The summed E-state index contributed by atoms with van der Waals surface area (Å²) < 4.78 is 10.9. The Bertz CT molecular complexity index is 865. The number of dihydropyridines is 1. The van der Waals surface area contributed by atoms with E-state index in [0.717, 1.165) is 16.8 Å². The molecule has 1 aromatic carbocycles. The molecule has 1 N–H and O–H groups in total.